The van der Waals surface area contributed by atoms with Gasteiger partial charge in [0.15, 0.2) is 0 Å². The van der Waals surface area contributed by atoms with Crippen LogP contribution in [0.25, 0.3) is 0 Å². The van der Waals surface area contributed by atoms with Crippen LogP contribution in [-0.2, 0) is 4.79 Å². The number of hydrogen-bond donors (Lipinski definition) is 2. The van der Waals surface area contributed by atoms with E-state index in [1.807, 2.05) is 0 Å². The molecule has 0 aromatic rings. The molecule has 1 amide bonds. The van der Waals surface area contributed by atoms with Crippen molar-refractivity contribution >= 4 is 5.91 Å². The molecule has 3 N–H and O–H groups in total. The van der Waals surface area contributed by atoms with Gasteiger partial charge in [0.25, 0.3) is 0 Å². The number of hydrogen-bond acceptors (Lipinski definition) is 2. The predicted molar refractivity (Wildman–Crippen MR) is 65.1 cm³/mol. The topological polar surface area (TPSA) is 55.1 Å². The summed E-state index contributed by atoms with van der Waals surface area (Å²) in [6, 6.07) is 0.887. The molecular formula is C14H22N2O. The third-order valence-corrected chi connectivity index (χ3v) is 5.74. The molecule has 4 bridgehead atoms. The van der Waals surface area contributed by atoms with Gasteiger partial charge in [0.05, 0.1) is 5.41 Å². The zero-order valence-electron chi connectivity index (χ0n) is 10.3. The van der Waals surface area contributed by atoms with Crippen molar-refractivity contribution in [2.24, 2.45) is 28.9 Å². The first-order valence-electron chi connectivity index (χ1n) is 7.23. The number of carbonyl (C=O) groups is 1. The van der Waals surface area contributed by atoms with Crippen LogP contribution in [0.1, 0.15) is 44.9 Å². The molecule has 0 saturated heterocycles. The molecular weight excluding hydrogens is 212 g/mol. The van der Waals surface area contributed by atoms with E-state index >= 15 is 0 Å². The molecule has 0 aromatic carbocycles. The van der Waals surface area contributed by atoms with Crippen LogP contribution in [0.5, 0.6) is 0 Å². The van der Waals surface area contributed by atoms with Gasteiger partial charge in [-0.2, -0.15) is 0 Å². The minimum Gasteiger partial charge on any atom is -0.353 e. The lowest BCUT2D eigenvalue weighted by molar-refractivity contribution is -0.148. The summed E-state index contributed by atoms with van der Waals surface area (Å²) >= 11 is 0. The van der Waals surface area contributed by atoms with Crippen molar-refractivity contribution in [1.29, 1.82) is 0 Å². The minimum absolute atomic E-state index is 0.0189. The SMILES string of the molecule is NC1C2CC3CC1CC(C(=O)NC1CC1)(C3)C2. The van der Waals surface area contributed by atoms with Crippen molar-refractivity contribution in [2.75, 3.05) is 0 Å². The van der Waals surface area contributed by atoms with Crippen LogP contribution in [0.4, 0.5) is 0 Å². The molecule has 5 fully saturated rings. The third-order valence-electron chi connectivity index (χ3n) is 5.74. The van der Waals surface area contributed by atoms with E-state index in [1.165, 1.54) is 25.7 Å². The number of nitrogens with one attached hydrogen (secondary N) is 1. The zero-order valence-corrected chi connectivity index (χ0v) is 10.3. The van der Waals surface area contributed by atoms with Gasteiger partial charge in [-0.3, -0.25) is 4.79 Å². The summed E-state index contributed by atoms with van der Waals surface area (Å²) in [5.74, 6) is 2.42. The van der Waals surface area contributed by atoms with Crippen molar-refractivity contribution in [3.63, 3.8) is 0 Å². The molecule has 5 aliphatic rings. The summed E-state index contributed by atoms with van der Waals surface area (Å²) in [7, 11) is 0. The number of carbonyl (C=O) groups excluding carboxylic acids is 1. The second kappa shape index (κ2) is 3.25. The Labute approximate surface area is 103 Å². The Bertz CT molecular complexity index is 347. The Morgan fingerprint density at radius 2 is 1.76 bits per heavy atom. The summed E-state index contributed by atoms with van der Waals surface area (Å²) in [5, 5.41) is 3.25. The van der Waals surface area contributed by atoms with Gasteiger partial charge in [-0.1, -0.05) is 0 Å². The van der Waals surface area contributed by atoms with Gasteiger partial charge >= 0.3 is 0 Å². The first kappa shape index (κ1) is 10.4. The maximum absolute atomic E-state index is 12.5. The first-order chi connectivity index (χ1) is 8.16. The molecule has 0 radical (unpaired) electrons. The van der Waals surface area contributed by atoms with Crippen molar-refractivity contribution in [1.82, 2.24) is 5.32 Å². The first-order valence-corrected chi connectivity index (χ1v) is 7.23. The highest BCUT2D eigenvalue weighted by Gasteiger charge is 2.57. The van der Waals surface area contributed by atoms with E-state index in [0.29, 0.717) is 29.8 Å². The summed E-state index contributed by atoms with van der Waals surface area (Å²) in [4.78, 5) is 12.5. The molecule has 5 saturated carbocycles. The van der Waals surface area contributed by atoms with Crippen molar-refractivity contribution in [2.45, 2.75) is 57.0 Å². The molecule has 0 heterocycles. The quantitative estimate of drug-likeness (QED) is 0.759. The van der Waals surface area contributed by atoms with Crippen LogP contribution in [-0.4, -0.2) is 18.0 Å². The van der Waals surface area contributed by atoms with E-state index in [9.17, 15) is 4.79 Å². The normalized spacial score (nSPS) is 51.6. The third kappa shape index (κ3) is 1.48. The molecule has 3 nitrogen and oxygen atoms in total. The second-order valence-corrected chi connectivity index (χ2v) is 7.08. The fourth-order valence-corrected chi connectivity index (χ4v) is 4.91. The Morgan fingerprint density at radius 3 is 2.35 bits per heavy atom. The Morgan fingerprint density at radius 1 is 1.12 bits per heavy atom. The van der Waals surface area contributed by atoms with E-state index in [-0.39, 0.29) is 5.41 Å². The Kier molecular flexibility index (Phi) is 1.98. The van der Waals surface area contributed by atoms with Crippen LogP contribution in [0.3, 0.4) is 0 Å². The van der Waals surface area contributed by atoms with Crippen LogP contribution in [0.2, 0.25) is 0 Å². The Hall–Kier alpha value is -0.570. The average molecular weight is 234 g/mol. The molecule has 5 rings (SSSR count). The van der Waals surface area contributed by atoms with E-state index in [0.717, 1.165) is 25.2 Å². The summed E-state index contributed by atoms with van der Waals surface area (Å²) in [6.07, 6.45) is 8.24. The maximum Gasteiger partial charge on any atom is 0.226 e. The monoisotopic (exact) mass is 234 g/mol. The second-order valence-electron chi connectivity index (χ2n) is 7.08. The van der Waals surface area contributed by atoms with Crippen molar-refractivity contribution in [3.05, 3.63) is 0 Å². The highest BCUT2D eigenvalue weighted by Crippen LogP contribution is 2.59. The van der Waals surface area contributed by atoms with Gasteiger partial charge in [0.1, 0.15) is 0 Å². The van der Waals surface area contributed by atoms with Gasteiger partial charge in [0, 0.05) is 12.1 Å². The zero-order chi connectivity index (χ0) is 11.6. The van der Waals surface area contributed by atoms with Crippen molar-refractivity contribution < 1.29 is 4.79 Å². The molecule has 17 heavy (non-hydrogen) atoms. The van der Waals surface area contributed by atoms with Crippen LogP contribution >= 0.6 is 0 Å². The van der Waals surface area contributed by atoms with Gasteiger partial charge in [0.2, 0.25) is 5.91 Å². The van der Waals surface area contributed by atoms with Crippen molar-refractivity contribution in [3.8, 4) is 0 Å². The summed E-state index contributed by atoms with van der Waals surface area (Å²) < 4.78 is 0. The highest BCUT2D eigenvalue weighted by molar-refractivity contribution is 5.83. The lowest BCUT2D eigenvalue weighted by atomic mass is 9.48. The number of rotatable bonds is 2. The molecule has 2 atom stereocenters. The summed E-state index contributed by atoms with van der Waals surface area (Å²) in [6.45, 7) is 0. The van der Waals surface area contributed by atoms with Crippen LogP contribution < -0.4 is 11.1 Å². The fraction of sp³-hybridized carbons (Fsp3) is 0.929. The summed E-state index contributed by atoms with van der Waals surface area (Å²) in [5.41, 5.74) is 6.29. The van der Waals surface area contributed by atoms with E-state index in [2.05, 4.69) is 5.32 Å². The molecule has 94 valence electrons. The highest BCUT2D eigenvalue weighted by atomic mass is 16.2. The molecule has 0 aliphatic heterocycles. The molecule has 0 aromatic heterocycles. The largest absolute Gasteiger partial charge is 0.353 e. The fourth-order valence-electron chi connectivity index (χ4n) is 4.91. The lowest BCUT2D eigenvalue weighted by Gasteiger charge is -2.58. The maximum atomic E-state index is 12.5. The van der Waals surface area contributed by atoms with Gasteiger partial charge < -0.3 is 11.1 Å². The predicted octanol–water partition coefficient (Wildman–Crippen LogP) is 1.42. The van der Waals surface area contributed by atoms with E-state index in [1.54, 1.807) is 0 Å². The van der Waals surface area contributed by atoms with Crippen LogP contribution in [0, 0.1) is 23.2 Å². The minimum atomic E-state index is -0.0189. The average Bonchev–Trinajstić information content (AvgIpc) is 3.08. The molecule has 5 aliphatic carbocycles. The van der Waals surface area contributed by atoms with Crippen LogP contribution in [0.15, 0.2) is 0 Å². The molecule has 0 spiro atoms. The van der Waals surface area contributed by atoms with Gasteiger partial charge in [-0.25, -0.2) is 0 Å². The molecule has 3 heteroatoms. The van der Waals surface area contributed by atoms with E-state index in [4.69, 9.17) is 5.73 Å². The lowest BCUT2D eigenvalue weighted by Crippen LogP contribution is -2.60. The molecule has 2 unspecified atom stereocenters. The number of amides is 1. The van der Waals surface area contributed by atoms with E-state index < -0.39 is 0 Å². The smallest absolute Gasteiger partial charge is 0.226 e. The van der Waals surface area contributed by atoms with Gasteiger partial charge in [-0.15, -0.1) is 0 Å². The Balaban J connectivity index is 1.59. The standard InChI is InChI=1S/C14H22N2O/c15-12-9-3-8-4-10(12)7-14(5-8,6-9)13(17)16-11-1-2-11/h8-12H,1-7,15H2,(H,16,17). The number of nitrogens with two attached hydrogens (primary N) is 1. The van der Waals surface area contributed by atoms with Gasteiger partial charge in [-0.05, 0) is 62.7 Å².